The Bertz CT molecular complexity index is 969. The molecule has 132 valence electrons. The van der Waals surface area contributed by atoms with Crippen LogP contribution in [0.4, 0.5) is 8.78 Å². The van der Waals surface area contributed by atoms with Gasteiger partial charge in [0.05, 0.1) is 5.56 Å². The third kappa shape index (κ3) is 3.18. The van der Waals surface area contributed by atoms with E-state index in [1.807, 2.05) is 0 Å². The number of nitrogens with zero attached hydrogens (tertiary/aromatic N) is 2. The van der Waals surface area contributed by atoms with Gasteiger partial charge in [-0.05, 0) is 30.3 Å². The zero-order valence-corrected chi connectivity index (χ0v) is 13.1. The number of ether oxygens (including phenoxy) is 3. The van der Waals surface area contributed by atoms with Crippen LogP contribution >= 0.6 is 0 Å². The topological polar surface area (TPSA) is 83.7 Å². The monoisotopic (exact) mass is 360 g/mol. The lowest BCUT2D eigenvalue weighted by molar-refractivity contribution is 0.0428. The highest BCUT2D eigenvalue weighted by atomic mass is 19.1. The molecule has 1 aliphatic heterocycles. The van der Waals surface area contributed by atoms with Gasteiger partial charge >= 0.3 is 5.97 Å². The van der Waals surface area contributed by atoms with E-state index in [2.05, 4.69) is 10.1 Å². The highest BCUT2D eigenvalue weighted by Gasteiger charge is 2.17. The number of carbonyl (C=O) groups is 1. The second-order valence-electron chi connectivity index (χ2n) is 5.31. The number of rotatable bonds is 4. The summed E-state index contributed by atoms with van der Waals surface area (Å²) in [5, 5.41) is 3.80. The summed E-state index contributed by atoms with van der Waals surface area (Å²) in [4.78, 5) is 16.0. The molecule has 0 spiro atoms. The van der Waals surface area contributed by atoms with Crippen molar-refractivity contribution in [2.24, 2.45) is 0 Å². The molecule has 0 radical (unpaired) electrons. The predicted molar refractivity (Wildman–Crippen MR) is 81.3 cm³/mol. The second kappa shape index (κ2) is 6.43. The van der Waals surface area contributed by atoms with E-state index < -0.39 is 17.6 Å². The summed E-state index contributed by atoms with van der Waals surface area (Å²) in [6.07, 6.45) is 0. The van der Waals surface area contributed by atoms with Gasteiger partial charge in [0.2, 0.25) is 12.6 Å². The molecular weight excluding hydrogens is 350 g/mol. The standard InChI is InChI=1S/C17H10F2N2O5/c18-11-3-10(4-12(19)6-11)17(22)23-7-15-20-16(21-26-15)9-1-2-13-14(5-9)25-8-24-13/h1-6H,7-8H2. The molecule has 0 fully saturated rings. The Hall–Kier alpha value is -3.49. The minimum atomic E-state index is -0.911. The van der Waals surface area contributed by atoms with E-state index >= 15 is 0 Å². The lowest BCUT2D eigenvalue weighted by Gasteiger charge is -2.02. The fourth-order valence-electron chi connectivity index (χ4n) is 2.35. The third-order valence-corrected chi connectivity index (χ3v) is 3.52. The number of fused-ring (bicyclic) bond motifs is 1. The number of benzene rings is 2. The molecule has 0 saturated carbocycles. The fraction of sp³-hybridized carbons (Fsp3) is 0.118. The van der Waals surface area contributed by atoms with Crippen LogP contribution in [0.3, 0.4) is 0 Å². The summed E-state index contributed by atoms with van der Waals surface area (Å²) >= 11 is 0. The molecule has 0 unspecified atom stereocenters. The van der Waals surface area contributed by atoms with E-state index in [4.69, 9.17) is 18.7 Å². The largest absolute Gasteiger partial charge is 0.454 e. The minimum absolute atomic E-state index is 0.0305. The first-order valence-corrected chi connectivity index (χ1v) is 7.44. The van der Waals surface area contributed by atoms with Crippen LogP contribution < -0.4 is 9.47 Å². The van der Waals surface area contributed by atoms with Crippen molar-refractivity contribution in [3.8, 4) is 22.9 Å². The highest BCUT2D eigenvalue weighted by Crippen LogP contribution is 2.35. The molecule has 0 bridgehead atoms. The Morgan fingerprint density at radius 3 is 2.65 bits per heavy atom. The van der Waals surface area contributed by atoms with Crippen LogP contribution in [0.5, 0.6) is 11.5 Å². The van der Waals surface area contributed by atoms with Crippen LogP contribution in [0.25, 0.3) is 11.4 Å². The van der Waals surface area contributed by atoms with E-state index in [0.29, 0.717) is 23.1 Å². The third-order valence-electron chi connectivity index (χ3n) is 3.52. The van der Waals surface area contributed by atoms with Crippen LogP contribution in [0, 0.1) is 11.6 Å². The van der Waals surface area contributed by atoms with Gasteiger partial charge in [-0.25, -0.2) is 13.6 Å². The molecule has 26 heavy (non-hydrogen) atoms. The number of esters is 1. The number of halogens is 2. The molecule has 7 nitrogen and oxygen atoms in total. The van der Waals surface area contributed by atoms with E-state index in [1.54, 1.807) is 18.2 Å². The van der Waals surface area contributed by atoms with Gasteiger partial charge in [0.1, 0.15) is 11.6 Å². The van der Waals surface area contributed by atoms with Crippen molar-refractivity contribution in [1.82, 2.24) is 10.1 Å². The Balaban J connectivity index is 1.44. The molecule has 2 aromatic carbocycles. The molecule has 9 heteroatoms. The van der Waals surface area contributed by atoms with Gasteiger partial charge in [-0.15, -0.1) is 0 Å². The van der Waals surface area contributed by atoms with Crippen LogP contribution in [-0.4, -0.2) is 22.9 Å². The van der Waals surface area contributed by atoms with Gasteiger partial charge in [0, 0.05) is 11.6 Å². The van der Waals surface area contributed by atoms with E-state index in [0.717, 1.165) is 12.1 Å². The van der Waals surface area contributed by atoms with Crippen LogP contribution in [0.1, 0.15) is 16.2 Å². The zero-order chi connectivity index (χ0) is 18.1. The molecule has 0 N–H and O–H groups in total. The molecule has 1 aromatic heterocycles. The van der Waals surface area contributed by atoms with Crippen molar-refractivity contribution < 1.29 is 32.3 Å². The maximum absolute atomic E-state index is 13.1. The average Bonchev–Trinajstić information content (AvgIpc) is 3.27. The quantitative estimate of drug-likeness (QED) is 0.661. The molecule has 1 aliphatic rings. The fourth-order valence-corrected chi connectivity index (χ4v) is 2.35. The molecule has 0 atom stereocenters. The van der Waals surface area contributed by atoms with Gasteiger partial charge in [-0.1, -0.05) is 5.16 Å². The van der Waals surface area contributed by atoms with Crippen molar-refractivity contribution in [1.29, 1.82) is 0 Å². The molecule has 4 rings (SSSR count). The van der Waals surface area contributed by atoms with E-state index in [9.17, 15) is 13.6 Å². The smallest absolute Gasteiger partial charge is 0.338 e. The van der Waals surface area contributed by atoms with Gasteiger partial charge in [-0.2, -0.15) is 4.98 Å². The molecule has 0 saturated heterocycles. The SMILES string of the molecule is O=C(OCc1nc(-c2ccc3c(c2)OCO3)no1)c1cc(F)cc(F)c1. The van der Waals surface area contributed by atoms with Crippen LogP contribution in [0.2, 0.25) is 0 Å². The number of aromatic nitrogens is 2. The van der Waals surface area contributed by atoms with Gasteiger partial charge in [-0.3, -0.25) is 0 Å². The van der Waals surface area contributed by atoms with Gasteiger partial charge in [0.15, 0.2) is 18.1 Å². The lowest BCUT2D eigenvalue weighted by atomic mass is 10.2. The van der Waals surface area contributed by atoms with Crippen molar-refractivity contribution in [2.45, 2.75) is 6.61 Å². The molecule has 3 aromatic rings. The Kier molecular flexibility index (Phi) is 3.96. The van der Waals surface area contributed by atoms with E-state index in [-0.39, 0.29) is 30.7 Å². The molecular formula is C17H10F2N2O5. The first kappa shape index (κ1) is 16.0. The predicted octanol–water partition coefficient (Wildman–Crippen LogP) is 3.10. The summed E-state index contributed by atoms with van der Waals surface area (Å²) in [5.74, 6) is -1.18. The first-order chi connectivity index (χ1) is 12.6. The molecule has 2 heterocycles. The summed E-state index contributed by atoms with van der Waals surface area (Å²) in [7, 11) is 0. The Morgan fingerprint density at radius 2 is 1.85 bits per heavy atom. The van der Waals surface area contributed by atoms with E-state index in [1.165, 1.54) is 0 Å². The van der Waals surface area contributed by atoms with Crippen LogP contribution in [-0.2, 0) is 11.3 Å². The summed E-state index contributed by atoms with van der Waals surface area (Å²) in [6.45, 7) is -0.193. The first-order valence-electron chi connectivity index (χ1n) is 7.44. The number of hydrogen-bond donors (Lipinski definition) is 0. The molecule has 0 aliphatic carbocycles. The number of carbonyl (C=O) groups excluding carboxylic acids is 1. The van der Waals surface area contributed by atoms with Crippen molar-refractivity contribution in [2.75, 3.05) is 6.79 Å². The summed E-state index contributed by atoms with van der Waals surface area (Å²) < 4.78 is 46.7. The zero-order valence-electron chi connectivity index (χ0n) is 13.1. The Labute approximate surface area is 145 Å². The van der Waals surface area contributed by atoms with Gasteiger partial charge in [0.25, 0.3) is 5.89 Å². The lowest BCUT2D eigenvalue weighted by Crippen LogP contribution is -2.06. The maximum Gasteiger partial charge on any atom is 0.338 e. The second-order valence-corrected chi connectivity index (χ2v) is 5.31. The van der Waals surface area contributed by atoms with Crippen molar-refractivity contribution in [3.63, 3.8) is 0 Å². The maximum atomic E-state index is 13.1. The van der Waals surface area contributed by atoms with Crippen molar-refractivity contribution >= 4 is 5.97 Å². The average molecular weight is 360 g/mol. The summed E-state index contributed by atoms with van der Waals surface area (Å²) in [5.41, 5.74) is 0.376. The van der Waals surface area contributed by atoms with Crippen LogP contribution in [0.15, 0.2) is 40.9 Å². The Morgan fingerprint density at radius 1 is 1.08 bits per heavy atom. The highest BCUT2D eigenvalue weighted by molar-refractivity contribution is 5.89. The minimum Gasteiger partial charge on any atom is -0.454 e. The normalized spacial score (nSPS) is 12.2. The van der Waals surface area contributed by atoms with Gasteiger partial charge < -0.3 is 18.7 Å². The molecule has 0 amide bonds. The summed E-state index contributed by atoms with van der Waals surface area (Å²) in [6, 6.07) is 7.54. The van der Waals surface area contributed by atoms with Crippen molar-refractivity contribution in [3.05, 3.63) is 59.5 Å². The number of hydrogen-bond acceptors (Lipinski definition) is 7.